The minimum absolute atomic E-state index is 0.0610. The molecule has 0 bridgehead atoms. The number of ether oxygens (including phenoxy) is 1. The number of aliphatic hydroxyl groups is 1. The van der Waals surface area contributed by atoms with E-state index in [-0.39, 0.29) is 37.6 Å². The number of aliphatic hydroxyl groups excluding tert-OH is 1. The van der Waals surface area contributed by atoms with E-state index in [1.165, 1.54) is 17.0 Å². The van der Waals surface area contributed by atoms with E-state index in [1.54, 1.807) is 19.1 Å². The van der Waals surface area contributed by atoms with E-state index >= 15 is 0 Å². The first-order valence-electron chi connectivity index (χ1n) is 9.83. The van der Waals surface area contributed by atoms with Gasteiger partial charge < -0.3 is 14.7 Å². The standard InChI is InChI=1S/C22H24N2O6/c1-2-30-21(26)13-19-18(16-8-10-17(11-9-16)24(28)29)12-20(25)23(22(19)27)14-15-6-4-3-5-7-15/h3-11,18-20,25H,2,12-14H2,1H3/t18-,19-,20?/m0/s1. The zero-order valence-corrected chi connectivity index (χ0v) is 16.6. The number of amides is 1. The van der Waals surface area contributed by atoms with Gasteiger partial charge in [0.25, 0.3) is 5.69 Å². The summed E-state index contributed by atoms with van der Waals surface area (Å²) >= 11 is 0. The Labute approximate surface area is 174 Å². The smallest absolute Gasteiger partial charge is 0.306 e. The van der Waals surface area contributed by atoms with Crippen LogP contribution in [0.15, 0.2) is 54.6 Å². The summed E-state index contributed by atoms with van der Waals surface area (Å²) in [5.74, 6) is -2.00. The van der Waals surface area contributed by atoms with Crippen LogP contribution in [0.2, 0.25) is 0 Å². The first kappa shape index (κ1) is 21.4. The van der Waals surface area contributed by atoms with Crippen LogP contribution in [-0.4, -0.2) is 39.6 Å². The SMILES string of the molecule is CCOC(=O)C[C@@H]1C(=O)N(Cc2ccccc2)C(O)C[C@H]1c1ccc([N+](=O)[O-])cc1. The molecule has 2 aromatic carbocycles. The maximum absolute atomic E-state index is 13.3. The fraction of sp³-hybridized carbons (Fsp3) is 0.364. The van der Waals surface area contributed by atoms with Crippen LogP contribution in [0, 0.1) is 16.0 Å². The number of non-ortho nitro benzene ring substituents is 1. The van der Waals surface area contributed by atoms with E-state index in [0.717, 1.165) is 5.56 Å². The molecule has 3 rings (SSSR count). The largest absolute Gasteiger partial charge is 0.466 e. The molecule has 1 unspecified atom stereocenters. The molecule has 1 aliphatic rings. The lowest BCUT2D eigenvalue weighted by molar-refractivity contribution is -0.384. The number of hydrogen-bond donors (Lipinski definition) is 1. The molecular formula is C22H24N2O6. The Morgan fingerprint density at radius 1 is 1.20 bits per heavy atom. The Morgan fingerprint density at radius 3 is 2.47 bits per heavy atom. The Hall–Kier alpha value is -3.26. The molecule has 1 heterocycles. The van der Waals surface area contributed by atoms with Crippen molar-refractivity contribution in [1.82, 2.24) is 4.90 Å². The lowest BCUT2D eigenvalue weighted by Gasteiger charge is -2.41. The highest BCUT2D eigenvalue weighted by atomic mass is 16.6. The lowest BCUT2D eigenvalue weighted by atomic mass is 9.77. The summed E-state index contributed by atoms with van der Waals surface area (Å²) in [7, 11) is 0. The van der Waals surface area contributed by atoms with Crippen LogP contribution in [0.1, 0.15) is 36.8 Å². The third kappa shape index (κ3) is 4.83. The van der Waals surface area contributed by atoms with Gasteiger partial charge in [0, 0.05) is 24.6 Å². The minimum atomic E-state index is -1.03. The van der Waals surface area contributed by atoms with Gasteiger partial charge in [0.1, 0.15) is 6.23 Å². The molecule has 0 radical (unpaired) electrons. The van der Waals surface area contributed by atoms with Gasteiger partial charge in [0.05, 0.1) is 23.9 Å². The highest BCUT2D eigenvalue weighted by molar-refractivity contribution is 5.85. The van der Waals surface area contributed by atoms with Gasteiger partial charge in [0.2, 0.25) is 5.91 Å². The Morgan fingerprint density at radius 2 is 1.87 bits per heavy atom. The van der Waals surface area contributed by atoms with E-state index in [0.29, 0.717) is 5.56 Å². The second-order valence-corrected chi connectivity index (χ2v) is 7.24. The molecule has 30 heavy (non-hydrogen) atoms. The first-order chi connectivity index (χ1) is 14.4. The predicted molar refractivity (Wildman–Crippen MR) is 108 cm³/mol. The fourth-order valence-corrected chi connectivity index (χ4v) is 3.85. The van der Waals surface area contributed by atoms with Crippen LogP contribution in [0.3, 0.4) is 0 Å². The molecule has 0 aromatic heterocycles. The number of carbonyl (C=O) groups excluding carboxylic acids is 2. The molecule has 1 aliphatic heterocycles. The lowest BCUT2D eigenvalue weighted by Crippen LogP contribution is -2.50. The van der Waals surface area contributed by atoms with Crippen LogP contribution in [-0.2, 0) is 20.9 Å². The molecule has 1 amide bonds. The summed E-state index contributed by atoms with van der Waals surface area (Å²) in [6, 6.07) is 15.2. The zero-order valence-electron chi connectivity index (χ0n) is 16.6. The second kappa shape index (κ2) is 9.49. The summed E-state index contributed by atoms with van der Waals surface area (Å²) in [5, 5.41) is 21.6. The zero-order chi connectivity index (χ0) is 21.7. The van der Waals surface area contributed by atoms with Gasteiger partial charge in [-0.15, -0.1) is 0 Å². The van der Waals surface area contributed by atoms with Crippen LogP contribution < -0.4 is 0 Å². The van der Waals surface area contributed by atoms with Crippen molar-refractivity contribution in [3.8, 4) is 0 Å². The van der Waals surface area contributed by atoms with Crippen molar-refractivity contribution >= 4 is 17.6 Å². The van der Waals surface area contributed by atoms with Crippen molar-refractivity contribution in [3.05, 3.63) is 75.8 Å². The van der Waals surface area contributed by atoms with Gasteiger partial charge in [0.15, 0.2) is 0 Å². The molecule has 0 aliphatic carbocycles. The van der Waals surface area contributed by atoms with E-state index in [1.807, 2.05) is 30.3 Å². The topological polar surface area (TPSA) is 110 Å². The van der Waals surface area contributed by atoms with E-state index < -0.39 is 29.0 Å². The summed E-state index contributed by atoms with van der Waals surface area (Å²) in [4.78, 5) is 37.3. The van der Waals surface area contributed by atoms with E-state index in [4.69, 9.17) is 4.74 Å². The quantitative estimate of drug-likeness (QED) is 0.425. The van der Waals surface area contributed by atoms with Crippen molar-refractivity contribution in [2.45, 2.75) is 38.5 Å². The van der Waals surface area contributed by atoms with Gasteiger partial charge in [-0.3, -0.25) is 19.7 Å². The number of benzene rings is 2. The Bertz CT molecular complexity index is 900. The maximum atomic E-state index is 13.3. The molecule has 158 valence electrons. The molecule has 0 spiro atoms. The Balaban J connectivity index is 1.88. The minimum Gasteiger partial charge on any atom is -0.466 e. The van der Waals surface area contributed by atoms with Crippen molar-refractivity contribution in [2.24, 2.45) is 5.92 Å². The number of hydrogen-bond acceptors (Lipinski definition) is 6. The van der Waals surface area contributed by atoms with Crippen molar-refractivity contribution in [2.75, 3.05) is 6.61 Å². The summed E-state index contributed by atoms with van der Waals surface area (Å²) in [5.41, 5.74) is 1.48. The molecule has 0 saturated carbocycles. The summed E-state index contributed by atoms with van der Waals surface area (Å²) in [6.45, 7) is 2.13. The van der Waals surface area contributed by atoms with Crippen LogP contribution >= 0.6 is 0 Å². The average Bonchev–Trinajstić information content (AvgIpc) is 2.74. The Kier molecular flexibility index (Phi) is 6.79. The fourth-order valence-electron chi connectivity index (χ4n) is 3.85. The van der Waals surface area contributed by atoms with Crippen LogP contribution in [0.4, 0.5) is 5.69 Å². The number of carbonyl (C=O) groups is 2. The highest BCUT2D eigenvalue weighted by Crippen LogP contribution is 2.39. The number of likely N-dealkylation sites (tertiary alicyclic amines) is 1. The molecule has 1 fully saturated rings. The second-order valence-electron chi connectivity index (χ2n) is 7.24. The van der Waals surface area contributed by atoms with Gasteiger partial charge in [-0.2, -0.15) is 0 Å². The molecule has 8 nitrogen and oxygen atoms in total. The number of nitrogens with zero attached hydrogens (tertiary/aromatic N) is 2. The number of rotatable bonds is 7. The van der Waals surface area contributed by atoms with Gasteiger partial charge >= 0.3 is 5.97 Å². The molecular weight excluding hydrogens is 388 g/mol. The number of piperidine rings is 1. The third-order valence-electron chi connectivity index (χ3n) is 5.33. The molecule has 1 saturated heterocycles. The number of nitro groups is 1. The van der Waals surface area contributed by atoms with Crippen molar-refractivity contribution in [1.29, 1.82) is 0 Å². The molecule has 3 atom stereocenters. The average molecular weight is 412 g/mol. The van der Waals surface area contributed by atoms with Gasteiger partial charge in [-0.1, -0.05) is 42.5 Å². The molecule has 1 N–H and O–H groups in total. The monoisotopic (exact) mass is 412 g/mol. The molecule has 8 heteroatoms. The van der Waals surface area contributed by atoms with Gasteiger partial charge in [-0.05, 0) is 24.5 Å². The van der Waals surface area contributed by atoms with Gasteiger partial charge in [-0.25, -0.2) is 0 Å². The number of nitro benzene ring substituents is 1. The van der Waals surface area contributed by atoms with Crippen molar-refractivity contribution in [3.63, 3.8) is 0 Å². The van der Waals surface area contributed by atoms with Crippen LogP contribution in [0.25, 0.3) is 0 Å². The summed E-state index contributed by atoms with van der Waals surface area (Å²) < 4.78 is 5.05. The summed E-state index contributed by atoms with van der Waals surface area (Å²) in [6.07, 6.45) is -0.927. The molecule has 2 aromatic rings. The normalized spacial score (nSPS) is 21.3. The third-order valence-corrected chi connectivity index (χ3v) is 5.33. The number of esters is 1. The highest BCUT2D eigenvalue weighted by Gasteiger charge is 2.43. The predicted octanol–water partition coefficient (Wildman–Crippen LogP) is 3.00. The van der Waals surface area contributed by atoms with E-state index in [9.17, 15) is 24.8 Å². The van der Waals surface area contributed by atoms with Crippen molar-refractivity contribution < 1.29 is 24.4 Å². The maximum Gasteiger partial charge on any atom is 0.306 e. The van der Waals surface area contributed by atoms with E-state index in [2.05, 4.69) is 0 Å². The first-order valence-corrected chi connectivity index (χ1v) is 9.83. The van der Waals surface area contributed by atoms with Crippen LogP contribution in [0.5, 0.6) is 0 Å².